The average Bonchev–Trinajstić information content (AvgIpc) is 2.26. The molecule has 0 saturated heterocycles. The number of hydrogen-bond donors (Lipinski definition) is 1. The van der Waals surface area contributed by atoms with Gasteiger partial charge < -0.3 is 5.11 Å². The Kier molecular flexibility index (Phi) is 4.33. The van der Waals surface area contributed by atoms with Gasteiger partial charge in [-0.15, -0.1) is 0 Å². The van der Waals surface area contributed by atoms with Crippen molar-refractivity contribution >= 4 is 39.1 Å². The van der Waals surface area contributed by atoms with E-state index in [1.165, 1.54) is 0 Å². The average molecular weight is 346 g/mol. The zero-order valence-corrected chi connectivity index (χ0v) is 12.7. The van der Waals surface area contributed by atoms with Crippen molar-refractivity contribution < 1.29 is 5.11 Å². The number of hydrogen-bond acceptors (Lipinski definition) is 1. The van der Waals surface area contributed by atoms with E-state index in [0.717, 1.165) is 15.6 Å². The van der Waals surface area contributed by atoms with Crippen LogP contribution in [0.1, 0.15) is 22.8 Å². The smallest absolute Gasteiger partial charge is 0.106 e. The van der Waals surface area contributed by atoms with Crippen LogP contribution in [0.3, 0.4) is 0 Å². The molecule has 0 heterocycles. The van der Waals surface area contributed by atoms with Crippen molar-refractivity contribution in [3.8, 4) is 0 Å². The van der Waals surface area contributed by atoms with Gasteiger partial charge in [0.2, 0.25) is 0 Å². The third-order valence-corrected chi connectivity index (χ3v) is 3.66. The SMILES string of the molecule is Cc1cc(Br)cc(C(O)c2ccc(Cl)cc2Cl)c1. The lowest BCUT2D eigenvalue weighted by molar-refractivity contribution is 0.220. The standard InChI is InChI=1S/C14H11BrCl2O/c1-8-4-9(6-10(15)5-8)14(18)12-3-2-11(16)7-13(12)17/h2-7,14,18H,1H3. The van der Waals surface area contributed by atoms with Gasteiger partial charge in [-0.05, 0) is 42.3 Å². The van der Waals surface area contributed by atoms with Gasteiger partial charge in [0.15, 0.2) is 0 Å². The number of aliphatic hydroxyl groups excluding tert-OH is 1. The van der Waals surface area contributed by atoms with E-state index >= 15 is 0 Å². The van der Waals surface area contributed by atoms with Crippen molar-refractivity contribution in [2.45, 2.75) is 13.0 Å². The van der Waals surface area contributed by atoms with Crippen LogP contribution < -0.4 is 0 Å². The van der Waals surface area contributed by atoms with Crippen LogP contribution in [-0.2, 0) is 0 Å². The van der Waals surface area contributed by atoms with Crippen LogP contribution >= 0.6 is 39.1 Å². The molecule has 0 amide bonds. The molecule has 0 aromatic heterocycles. The summed E-state index contributed by atoms with van der Waals surface area (Å²) in [6.07, 6.45) is -0.758. The maximum Gasteiger partial charge on any atom is 0.106 e. The van der Waals surface area contributed by atoms with E-state index in [4.69, 9.17) is 23.2 Å². The molecular weight excluding hydrogens is 335 g/mol. The van der Waals surface area contributed by atoms with E-state index in [1.54, 1.807) is 18.2 Å². The second-order valence-corrected chi connectivity index (χ2v) is 5.89. The molecule has 0 bridgehead atoms. The molecule has 94 valence electrons. The zero-order chi connectivity index (χ0) is 13.3. The van der Waals surface area contributed by atoms with Crippen molar-refractivity contribution in [1.29, 1.82) is 0 Å². The first-order valence-electron chi connectivity index (χ1n) is 5.37. The second-order valence-electron chi connectivity index (χ2n) is 4.13. The van der Waals surface area contributed by atoms with Gasteiger partial charge in [-0.1, -0.05) is 51.3 Å². The molecule has 1 unspecified atom stereocenters. The molecule has 2 aromatic rings. The van der Waals surface area contributed by atoms with Gasteiger partial charge >= 0.3 is 0 Å². The lowest BCUT2D eigenvalue weighted by atomic mass is 10.00. The molecule has 2 rings (SSSR count). The summed E-state index contributed by atoms with van der Waals surface area (Å²) in [7, 11) is 0. The van der Waals surface area contributed by atoms with Crippen LogP contribution in [0.4, 0.5) is 0 Å². The highest BCUT2D eigenvalue weighted by Crippen LogP contribution is 2.31. The summed E-state index contributed by atoms with van der Waals surface area (Å²) in [6, 6.07) is 10.9. The van der Waals surface area contributed by atoms with Crippen molar-refractivity contribution in [2.24, 2.45) is 0 Å². The zero-order valence-electron chi connectivity index (χ0n) is 9.62. The summed E-state index contributed by atoms with van der Waals surface area (Å²) in [4.78, 5) is 0. The normalized spacial score (nSPS) is 12.5. The summed E-state index contributed by atoms with van der Waals surface area (Å²) in [6.45, 7) is 1.98. The molecule has 0 aliphatic rings. The Morgan fingerprint density at radius 1 is 1.11 bits per heavy atom. The van der Waals surface area contributed by atoms with E-state index in [0.29, 0.717) is 15.6 Å². The Labute approximate surface area is 124 Å². The third kappa shape index (κ3) is 3.07. The van der Waals surface area contributed by atoms with Crippen molar-refractivity contribution in [2.75, 3.05) is 0 Å². The molecule has 1 nitrogen and oxygen atoms in total. The fourth-order valence-corrected chi connectivity index (χ4v) is 2.96. The Hall–Kier alpha value is -0.540. The number of halogens is 3. The lowest BCUT2D eigenvalue weighted by Crippen LogP contribution is -2.01. The maximum atomic E-state index is 10.4. The Balaban J connectivity index is 2.44. The van der Waals surface area contributed by atoms with Crippen LogP contribution in [0.15, 0.2) is 40.9 Å². The summed E-state index contributed by atoms with van der Waals surface area (Å²) >= 11 is 15.4. The molecule has 0 aliphatic heterocycles. The number of aryl methyl sites for hydroxylation is 1. The lowest BCUT2D eigenvalue weighted by Gasteiger charge is -2.14. The van der Waals surface area contributed by atoms with E-state index in [1.807, 2.05) is 25.1 Å². The quantitative estimate of drug-likeness (QED) is 0.798. The summed E-state index contributed by atoms with van der Waals surface area (Å²) in [5.41, 5.74) is 2.52. The third-order valence-electron chi connectivity index (χ3n) is 2.64. The van der Waals surface area contributed by atoms with Crippen molar-refractivity contribution in [3.05, 3.63) is 67.6 Å². The van der Waals surface area contributed by atoms with E-state index < -0.39 is 6.10 Å². The van der Waals surface area contributed by atoms with Gasteiger partial charge in [0, 0.05) is 20.1 Å². The molecule has 2 aromatic carbocycles. The molecule has 0 spiro atoms. The first-order chi connectivity index (χ1) is 8.47. The highest BCUT2D eigenvalue weighted by molar-refractivity contribution is 9.10. The predicted octanol–water partition coefficient (Wildman–Crippen LogP) is 5.15. The molecule has 18 heavy (non-hydrogen) atoms. The fourth-order valence-electron chi connectivity index (χ4n) is 1.83. The monoisotopic (exact) mass is 344 g/mol. The molecule has 1 atom stereocenters. The minimum Gasteiger partial charge on any atom is -0.384 e. The maximum absolute atomic E-state index is 10.4. The van der Waals surface area contributed by atoms with Gasteiger partial charge in [0.05, 0.1) is 0 Å². The minimum absolute atomic E-state index is 0.465. The number of aliphatic hydroxyl groups is 1. The first kappa shape index (κ1) is 13.9. The molecule has 0 saturated carbocycles. The molecule has 0 fully saturated rings. The molecule has 0 aliphatic carbocycles. The largest absolute Gasteiger partial charge is 0.384 e. The predicted molar refractivity (Wildman–Crippen MR) is 79.4 cm³/mol. The van der Waals surface area contributed by atoms with Crippen LogP contribution in [-0.4, -0.2) is 5.11 Å². The Morgan fingerprint density at radius 3 is 2.44 bits per heavy atom. The summed E-state index contributed by atoms with van der Waals surface area (Å²) in [5, 5.41) is 11.4. The van der Waals surface area contributed by atoms with Gasteiger partial charge in [0.1, 0.15) is 6.10 Å². The van der Waals surface area contributed by atoms with E-state index in [9.17, 15) is 5.11 Å². The summed E-state index contributed by atoms with van der Waals surface area (Å²) < 4.78 is 0.932. The van der Waals surface area contributed by atoms with Crippen LogP contribution in [0.2, 0.25) is 10.0 Å². The van der Waals surface area contributed by atoms with Gasteiger partial charge in [-0.3, -0.25) is 0 Å². The molecule has 1 N–H and O–H groups in total. The molecular formula is C14H11BrCl2O. The van der Waals surface area contributed by atoms with Gasteiger partial charge in [-0.25, -0.2) is 0 Å². The van der Waals surface area contributed by atoms with Crippen LogP contribution in [0.25, 0.3) is 0 Å². The Morgan fingerprint density at radius 2 is 1.83 bits per heavy atom. The van der Waals surface area contributed by atoms with Crippen LogP contribution in [0, 0.1) is 6.92 Å². The topological polar surface area (TPSA) is 20.2 Å². The Bertz CT molecular complexity index is 564. The highest BCUT2D eigenvalue weighted by atomic mass is 79.9. The fraction of sp³-hybridized carbons (Fsp3) is 0.143. The van der Waals surface area contributed by atoms with Gasteiger partial charge in [0.25, 0.3) is 0 Å². The van der Waals surface area contributed by atoms with Gasteiger partial charge in [-0.2, -0.15) is 0 Å². The van der Waals surface area contributed by atoms with E-state index in [-0.39, 0.29) is 0 Å². The molecule has 0 radical (unpaired) electrons. The molecule has 4 heteroatoms. The first-order valence-corrected chi connectivity index (χ1v) is 6.92. The van der Waals surface area contributed by atoms with Crippen molar-refractivity contribution in [1.82, 2.24) is 0 Å². The number of rotatable bonds is 2. The number of benzene rings is 2. The highest BCUT2D eigenvalue weighted by Gasteiger charge is 2.15. The van der Waals surface area contributed by atoms with Crippen LogP contribution in [0.5, 0.6) is 0 Å². The van der Waals surface area contributed by atoms with E-state index in [2.05, 4.69) is 15.9 Å². The summed E-state index contributed by atoms with van der Waals surface area (Å²) in [5.74, 6) is 0. The van der Waals surface area contributed by atoms with Crippen molar-refractivity contribution in [3.63, 3.8) is 0 Å². The minimum atomic E-state index is -0.758. The second kappa shape index (κ2) is 5.62.